The summed E-state index contributed by atoms with van der Waals surface area (Å²) in [6.07, 6.45) is 3.48. The predicted molar refractivity (Wildman–Crippen MR) is 71.4 cm³/mol. The zero-order chi connectivity index (χ0) is 13.8. The number of rotatable bonds is 4. The van der Waals surface area contributed by atoms with E-state index in [4.69, 9.17) is 10.5 Å². The number of aromatic nitrogens is 2. The minimum absolute atomic E-state index is 0.0548. The van der Waals surface area contributed by atoms with Crippen molar-refractivity contribution < 1.29 is 9.13 Å². The molecule has 0 aliphatic heterocycles. The van der Waals surface area contributed by atoms with E-state index in [9.17, 15) is 4.39 Å². The average Bonchev–Trinajstić information content (AvgIpc) is 2.35. The topological polar surface area (TPSA) is 61.0 Å². The van der Waals surface area contributed by atoms with Gasteiger partial charge in [-0.25, -0.2) is 14.4 Å². The number of nitrogens with zero attached hydrogens (tertiary/aromatic N) is 2. The highest BCUT2D eigenvalue weighted by Gasteiger charge is 2.07. The smallest absolute Gasteiger partial charge is 0.165 e. The Labute approximate surface area is 111 Å². The maximum absolute atomic E-state index is 13.8. The molecule has 100 valence electrons. The van der Waals surface area contributed by atoms with Crippen molar-refractivity contribution in [2.45, 2.75) is 26.4 Å². The van der Waals surface area contributed by atoms with Gasteiger partial charge in [-0.15, -0.1) is 0 Å². The van der Waals surface area contributed by atoms with Crippen molar-refractivity contribution in [3.8, 4) is 5.75 Å². The van der Waals surface area contributed by atoms with Crippen LogP contribution in [0.1, 0.15) is 25.2 Å². The third-order valence-corrected chi connectivity index (χ3v) is 2.45. The van der Waals surface area contributed by atoms with E-state index in [1.807, 2.05) is 13.8 Å². The fraction of sp³-hybridized carbons (Fsp3) is 0.286. The van der Waals surface area contributed by atoms with Crippen molar-refractivity contribution in [3.05, 3.63) is 47.8 Å². The molecule has 2 rings (SSSR count). The largest absolute Gasteiger partial charge is 0.488 e. The van der Waals surface area contributed by atoms with E-state index in [1.165, 1.54) is 18.5 Å². The first-order valence-corrected chi connectivity index (χ1v) is 6.06. The molecular formula is C14H16FN3O. The van der Waals surface area contributed by atoms with Crippen molar-refractivity contribution in [2.75, 3.05) is 5.73 Å². The van der Waals surface area contributed by atoms with Gasteiger partial charge in [-0.2, -0.15) is 0 Å². The molecule has 0 radical (unpaired) electrons. The Morgan fingerprint density at radius 3 is 2.53 bits per heavy atom. The summed E-state index contributed by atoms with van der Waals surface area (Å²) in [6.45, 7) is 3.71. The summed E-state index contributed by atoms with van der Waals surface area (Å²) in [5, 5.41) is 0. The first-order valence-electron chi connectivity index (χ1n) is 6.06. The van der Waals surface area contributed by atoms with E-state index in [1.54, 1.807) is 12.1 Å². The number of ether oxygens (including phenoxy) is 1. The molecule has 1 heterocycles. The van der Waals surface area contributed by atoms with Crippen LogP contribution in [0, 0.1) is 5.82 Å². The van der Waals surface area contributed by atoms with Gasteiger partial charge in [0.15, 0.2) is 11.6 Å². The zero-order valence-electron chi connectivity index (χ0n) is 10.9. The second kappa shape index (κ2) is 5.65. The van der Waals surface area contributed by atoms with Gasteiger partial charge in [0.1, 0.15) is 5.82 Å². The highest BCUT2D eigenvalue weighted by atomic mass is 19.1. The number of anilines is 1. The molecular weight excluding hydrogens is 245 g/mol. The quantitative estimate of drug-likeness (QED) is 0.918. The third kappa shape index (κ3) is 3.64. The normalized spacial score (nSPS) is 10.7. The lowest BCUT2D eigenvalue weighted by molar-refractivity contribution is 0.231. The summed E-state index contributed by atoms with van der Waals surface area (Å²) >= 11 is 0. The molecule has 19 heavy (non-hydrogen) atoms. The maximum Gasteiger partial charge on any atom is 0.165 e. The van der Waals surface area contributed by atoms with E-state index in [-0.39, 0.29) is 17.7 Å². The van der Waals surface area contributed by atoms with Gasteiger partial charge in [0.2, 0.25) is 0 Å². The SMILES string of the molecule is CC(C)Oc1ccc(Cc2ncc(N)cn2)cc1F. The van der Waals surface area contributed by atoms with Gasteiger partial charge in [-0.1, -0.05) is 6.07 Å². The van der Waals surface area contributed by atoms with Crippen LogP contribution in [-0.2, 0) is 6.42 Å². The molecule has 0 atom stereocenters. The Morgan fingerprint density at radius 1 is 1.26 bits per heavy atom. The maximum atomic E-state index is 13.8. The first-order chi connectivity index (χ1) is 9.04. The van der Waals surface area contributed by atoms with Gasteiger partial charge < -0.3 is 10.5 Å². The van der Waals surface area contributed by atoms with Gasteiger partial charge >= 0.3 is 0 Å². The number of benzene rings is 1. The van der Waals surface area contributed by atoms with Crippen molar-refractivity contribution in [1.29, 1.82) is 0 Å². The average molecular weight is 261 g/mol. The van der Waals surface area contributed by atoms with Crippen LogP contribution in [-0.4, -0.2) is 16.1 Å². The molecule has 0 saturated heterocycles. The van der Waals surface area contributed by atoms with Gasteiger partial charge in [0.05, 0.1) is 24.2 Å². The molecule has 0 fully saturated rings. The number of nitrogen functional groups attached to an aromatic ring is 1. The molecule has 0 unspecified atom stereocenters. The van der Waals surface area contributed by atoms with Crippen LogP contribution >= 0.6 is 0 Å². The summed E-state index contributed by atoms with van der Waals surface area (Å²) < 4.78 is 19.1. The molecule has 2 N–H and O–H groups in total. The Kier molecular flexibility index (Phi) is 3.94. The molecule has 0 aliphatic carbocycles. The zero-order valence-corrected chi connectivity index (χ0v) is 10.9. The van der Waals surface area contributed by atoms with Crippen LogP contribution in [0.3, 0.4) is 0 Å². The first kappa shape index (κ1) is 13.3. The molecule has 0 amide bonds. The fourth-order valence-electron chi connectivity index (χ4n) is 1.64. The lowest BCUT2D eigenvalue weighted by atomic mass is 10.1. The lowest BCUT2D eigenvalue weighted by Crippen LogP contribution is -2.07. The van der Waals surface area contributed by atoms with Crippen LogP contribution in [0.15, 0.2) is 30.6 Å². The minimum atomic E-state index is -0.373. The van der Waals surface area contributed by atoms with Gasteiger partial charge in [0, 0.05) is 6.42 Å². The van der Waals surface area contributed by atoms with Gasteiger partial charge in [-0.3, -0.25) is 0 Å². The van der Waals surface area contributed by atoms with Gasteiger partial charge in [-0.05, 0) is 31.5 Å². The van der Waals surface area contributed by atoms with Crippen LogP contribution in [0.5, 0.6) is 5.75 Å². The van der Waals surface area contributed by atoms with E-state index in [2.05, 4.69) is 9.97 Å². The summed E-state index contributed by atoms with van der Waals surface area (Å²) in [7, 11) is 0. The molecule has 5 heteroatoms. The van der Waals surface area contributed by atoms with E-state index in [0.29, 0.717) is 17.9 Å². The molecule has 1 aromatic carbocycles. The van der Waals surface area contributed by atoms with Crippen LogP contribution in [0.2, 0.25) is 0 Å². The van der Waals surface area contributed by atoms with E-state index in [0.717, 1.165) is 5.56 Å². The number of hydrogen-bond acceptors (Lipinski definition) is 4. The van der Waals surface area contributed by atoms with Crippen LogP contribution in [0.4, 0.5) is 10.1 Å². The third-order valence-electron chi connectivity index (χ3n) is 2.45. The molecule has 0 aliphatic rings. The molecule has 2 aromatic rings. The summed E-state index contributed by atoms with van der Waals surface area (Å²) in [4.78, 5) is 8.17. The monoisotopic (exact) mass is 261 g/mol. The second-order valence-corrected chi connectivity index (χ2v) is 4.54. The Bertz CT molecular complexity index is 555. The van der Waals surface area contributed by atoms with Crippen molar-refractivity contribution in [3.63, 3.8) is 0 Å². The Balaban J connectivity index is 2.13. The van der Waals surface area contributed by atoms with Crippen molar-refractivity contribution in [2.24, 2.45) is 0 Å². The van der Waals surface area contributed by atoms with Gasteiger partial charge in [0.25, 0.3) is 0 Å². The number of halogens is 1. The fourth-order valence-corrected chi connectivity index (χ4v) is 1.64. The van der Waals surface area contributed by atoms with Crippen molar-refractivity contribution in [1.82, 2.24) is 9.97 Å². The van der Waals surface area contributed by atoms with E-state index >= 15 is 0 Å². The lowest BCUT2D eigenvalue weighted by Gasteiger charge is -2.11. The second-order valence-electron chi connectivity index (χ2n) is 4.54. The number of hydrogen-bond donors (Lipinski definition) is 1. The summed E-state index contributed by atoms with van der Waals surface area (Å²) in [5.74, 6) is 0.491. The summed E-state index contributed by atoms with van der Waals surface area (Å²) in [6, 6.07) is 4.87. The molecule has 4 nitrogen and oxygen atoms in total. The Morgan fingerprint density at radius 2 is 1.95 bits per heavy atom. The van der Waals surface area contributed by atoms with Crippen LogP contribution < -0.4 is 10.5 Å². The Hall–Kier alpha value is -2.17. The molecule has 0 saturated carbocycles. The molecule has 0 bridgehead atoms. The standard InChI is InChI=1S/C14H16FN3O/c1-9(2)19-13-4-3-10(5-12(13)15)6-14-17-7-11(16)8-18-14/h3-5,7-9H,6,16H2,1-2H3. The highest BCUT2D eigenvalue weighted by molar-refractivity contribution is 5.33. The van der Waals surface area contributed by atoms with Crippen molar-refractivity contribution >= 4 is 5.69 Å². The minimum Gasteiger partial charge on any atom is -0.488 e. The van der Waals surface area contributed by atoms with Crippen LogP contribution in [0.25, 0.3) is 0 Å². The predicted octanol–water partition coefficient (Wildman–Crippen LogP) is 2.58. The molecule has 0 spiro atoms. The number of nitrogens with two attached hydrogens (primary N) is 1. The van der Waals surface area contributed by atoms with E-state index < -0.39 is 0 Å². The molecule has 1 aromatic heterocycles. The highest BCUT2D eigenvalue weighted by Crippen LogP contribution is 2.20. The summed E-state index contributed by atoms with van der Waals surface area (Å²) in [5.41, 5.74) is 6.81.